The smallest absolute Gasteiger partial charge is 0.264 e. The zero-order chi connectivity index (χ0) is 21.4. The highest BCUT2D eigenvalue weighted by Crippen LogP contribution is 2.18. The van der Waals surface area contributed by atoms with E-state index >= 15 is 0 Å². The molecule has 0 atom stereocenters. The molecule has 0 aliphatic carbocycles. The summed E-state index contributed by atoms with van der Waals surface area (Å²) in [6.45, 7) is 0.625. The Morgan fingerprint density at radius 2 is 1.73 bits per heavy atom. The minimum atomic E-state index is -3.77. The van der Waals surface area contributed by atoms with Crippen molar-refractivity contribution in [3.05, 3.63) is 72.6 Å². The molecule has 0 unspecified atom stereocenters. The van der Waals surface area contributed by atoms with Crippen LogP contribution in [0.5, 0.6) is 5.75 Å². The Morgan fingerprint density at radius 3 is 2.43 bits per heavy atom. The molecule has 2 aromatic carbocycles. The fourth-order valence-corrected chi connectivity index (χ4v) is 3.82. The summed E-state index contributed by atoms with van der Waals surface area (Å²) in [7, 11) is -2.13. The summed E-state index contributed by atoms with van der Waals surface area (Å²) >= 11 is 5.31. The lowest BCUT2D eigenvalue weighted by Crippen LogP contribution is -2.30. The molecule has 0 fully saturated rings. The zero-order valence-corrected chi connectivity index (χ0v) is 17.8. The average Bonchev–Trinajstić information content (AvgIpc) is 2.75. The number of aromatic nitrogens is 2. The maximum Gasteiger partial charge on any atom is 0.264 e. The summed E-state index contributed by atoms with van der Waals surface area (Å²) in [5.74, 6) is 0.851. The molecule has 10 heteroatoms. The molecule has 3 N–H and O–H groups in total. The number of anilines is 2. The highest BCUT2D eigenvalue weighted by atomic mass is 32.2. The number of hydrogen-bond acceptors (Lipinski definition) is 6. The van der Waals surface area contributed by atoms with Gasteiger partial charge in [-0.2, -0.15) is 0 Å². The molecule has 3 aromatic rings. The number of ether oxygens (including phenoxy) is 1. The van der Waals surface area contributed by atoms with Gasteiger partial charge in [-0.1, -0.05) is 18.2 Å². The molecule has 0 aliphatic rings. The van der Waals surface area contributed by atoms with Gasteiger partial charge in [0.1, 0.15) is 5.75 Å². The molecule has 1 heterocycles. The minimum Gasteiger partial charge on any atom is -0.496 e. The van der Waals surface area contributed by atoms with Gasteiger partial charge in [-0.15, -0.1) is 0 Å². The summed E-state index contributed by atoms with van der Waals surface area (Å²) in [6.07, 6.45) is 3.66. The SMILES string of the molecule is COc1ccccc1CCNC(=S)Nc1ccc(S(=O)(=O)Nc2ncccn2)cc1. The van der Waals surface area contributed by atoms with Crippen LogP contribution in [0.3, 0.4) is 0 Å². The second kappa shape index (κ2) is 9.99. The fraction of sp³-hybridized carbons (Fsp3) is 0.150. The van der Waals surface area contributed by atoms with Crippen LogP contribution in [-0.4, -0.2) is 37.2 Å². The van der Waals surface area contributed by atoms with Gasteiger partial charge < -0.3 is 15.4 Å². The molecular weight excluding hydrogens is 422 g/mol. The Bertz CT molecular complexity index is 1090. The monoisotopic (exact) mass is 443 g/mol. The van der Waals surface area contributed by atoms with E-state index < -0.39 is 10.0 Å². The van der Waals surface area contributed by atoms with E-state index in [0.29, 0.717) is 17.3 Å². The molecule has 3 rings (SSSR count). The van der Waals surface area contributed by atoms with Gasteiger partial charge in [-0.3, -0.25) is 0 Å². The summed E-state index contributed by atoms with van der Waals surface area (Å²) < 4.78 is 32.5. The van der Waals surface area contributed by atoms with Crippen molar-refractivity contribution in [3.63, 3.8) is 0 Å². The van der Waals surface area contributed by atoms with Gasteiger partial charge in [0.15, 0.2) is 5.11 Å². The number of para-hydroxylation sites is 1. The Hall–Kier alpha value is -3.24. The lowest BCUT2D eigenvalue weighted by molar-refractivity contribution is 0.409. The third-order valence-electron chi connectivity index (χ3n) is 4.09. The third kappa shape index (κ3) is 5.88. The van der Waals surface area contributed by atoms with Crippen molar-refractivity contribution in [2.75, 3.05) is 23.7 Å². The summed E-state index contributed by atoms with van der Waals surface area (Å²) in [5.41, 5.74) is 1.75. The van der Waals surface area contributed by atoms with Crippen LogP contribution >= 0.6 is 12.2 Å². The zero-order valence-electron chi connectivity index (χ0n) is 16.2. The number of sulfonamides is 1. The molecule has 0 radical (unpaired) electrons. The van der Waals surface area contributed by atoms with E-state index in [1.807, 2.05) is 24.3 Å². The van der Waals surface area contributed by atoms with Crippen molar-refractivity contribution >= 4 is 39.0 Å². The molecule has 0 saturated carbocycles. The van der Waals surface area contributed by atoms with Crippen LogP contribution in [0.1, 0.15) is 5.56 Å². The topological polar surface area (TPSA) is 105 Å². The summed E-state index contributed by atoms with van der Waals surface area (Å²) in [5, 5.41) is 6.60. The quantitative estimate of drug-likeness (QED) is 0.457. The highest BCUT2D eigenvalue weighted by Gasteiger charge is 2.15. The number of hydrogen-bond donors (Lipinski definition) is 3. The first-order valence-corrected chi connectivity index (χ1v) is 10.9. The van der Waals surface area contributed by atoms with E-state index in [4.69, 9.17) is 17.0 Å². The Labute approximate surface area is 180 Å². The largest absolute Gasteiger partial charge is 0.496 e. The van der Waals surface area contributed by atoms with E-state index in [1.54, 1.807) is 25.3 Å². The predicted octanol–water partition coefficient (Wildman–Crippen LogP) is 2.82. The second-order valence-corrected chi connectivity index (χ2v) is 8.24. The lowest BCUT2D eigenvalue weighted by Gasteiger charge is -2.12. The molecule has 0 amide bonds. The molecule has 30 heavy (non-hydrogen) atoms. The number of methoxy groups -OCH3 is 1. The average molecular weight is 444 g/mol. The first-order valence-electron chi connectivity index (χ1n) is 9.04. The van der Waals surface area contributed by atoms with Gasteiger partial charge >= 0.3 is 0 Å². The van der Waals surface area contributed by atoms with Crippen molar-refractivity contribution < 1.29 is 13.2 Å². The van der Waals surface area contributed by atoms with Crippen LogP contribution in [0.2, 0.25) is 0 Å². The van der Waals surface area contributed by atoms with Crippen LogP contribution in [0.25, 0.3) is 0 Å². The van der Waals surface area contributed by atoms with Crippen molar-refractivity contribution in [2.24, 2.45) is 0 Å². The predicted molar refractivity (Wildman–Crippen MR) is 120 cm³/mol. The summed E-state index contributed by atoms with van der Waals surface area (Å²) in [6, 6.07) is 15.6. The maximum absolute atomic E-state index is 12.4. The van der Waals surface area contributed by atoms with Gasteiger partial charge in [-0.05, 0) is 60.6 Å². The van der Waals surface area contributed by atoms with Crippen molar-refractivity contribution in [2.45, 2.75) is 11.3 Å². The molecule has 0 spiro atoms. The lowest BCUT2D eigenvalue weighted by atomic mass is 10.1. The van der Waals surface area contributed by atoms with E-state index in [-0.39, 0.29) is 10.8 Å². The van der Waals surface area contributed by atoms with Gasteiger partial charge in [0, 0.05) is 24.6 Å². The normalized spacial score (nSPS) is 10.8. The molecule has 0 saturated heterocycles. The van der Waals surface area contributed by atoms with Crippen molar-refractivity contribution in [1.82, 2.24) is 15.3 Å². The minimum absolute atomic E-state index is 0.0140. The number of thiocarbonyl (C=S) groups is 1. The number of nitrogens with one attached hydrogen (secondary N) is 3. The first kappa shape index (κ1) is 21.5. The van der Waals surface area contributed by atoms with Crippen molar-refractivity contribution in [1.29, 1.82) is 0 Å². The van der Waals surface area contributed by atoms with Gasteiger partial charge in [0.05, 0.1) is 12.0 Å². The van der Waals surface area contributed by atoms with Crippen LogP contribution < -0.4 is 20.1 Å². The maximum atomic E-state index is 12.4. The molecular formula is C20H21N5O3S2. The van der Waals surface area contributed by atoms with Gasteiger partial charge in [0.2, 0.25) is 5.95 Å². The number of rotatable bonds is 8. The highest BCUT2D eigenvalue weighted by molar-refractivity contribution is 7.92. The molecule has 0 bridgehead atoms. The third-order valence-corrected chi connectivity index (χ3v) is 5.68. The Kier molecular flexibility index (Phi) is 7.15. The van der Waals surface area contributed by atoms with Crippen LogP contribution in [0.15, 0.2) is 71.9 Å². The first-order chi connectivity index (χ1) is 14.5. The fourth-order valence-electron chi connectivity index (χ4n) is 2.64. The van der Waals surface area contributed by atoms with E-state index in [0.717, 1.165) is 17.7 Å². The number of benzene rings is 2. The second-order valence-electron chi connectivity index (χ2n) is 6.15. The summed E-state index contributed by atoms with van der Waals surface area (Å²) in [4.78, 5) is 7.81. The van der Waals surface area contributed by atoms with Crippen LogP contribution in [0.4, 0.5) is 11.6 Å². The van der Waals surface area contributed by atoms with E-state index in [9.17, 15) is 8.42 Å². The molecule has 156 valence electrons. The van der Waals surface area contributed by atoms with Gasteiger partial charge in [-0.25, -0.2) is 23.1 Å². The van der Waals surface area contributed by atoms with Crippen LogP contribution in [0, 0.1) is 0 Å². The Morgan fingerprint density at radius 1 is 1.03 bits per heavy atom. The number of nitrogens with zero attached hydrogens (tertiary/aromatic N) is 2. The van der Waals surface area contributed by atoms with Crippen molar-refractivity contribution in [3.8, 4) is 5.75 Å². The molecule has 0 aliphatic heterocycles. The van der Waals surface area contributed by atoms with E-state index in [1.165, 1.54) is 24.5 Å². The molecule has 1 aromatic heterocycles. The Balaban J connectivity index is 1.53. The molecule has 8 nitrogen and oxygen atoms in total. The van der Waals surface area contributed by atoms with Gasteiger partial charge in [0.25, 0.3) is 10.0 Å². The van der Waals surface area contributed by atoms with Crippen LogP contribution in [-0.2, 0) is 16.4 Å². The van der Waals surface area contributed by atoms with E-state index in [2.05, 4.69) is 25.3 Å². The standard InChI is InChI=1S/C20H21N5O3S2/c1-28-18-6-3-2-5-15(18)11-14-23-20(29)24-16-7-9-17(10-8-16)30(26,27)25-19-21-12-4-13-22-19/h2-10,12-13H,11,14H2,1H3,(H,21,22,25)(H2,23,24,29).